The Morgan fingerprint density at radius 3 is 2.68 bits per heavy atom. The smallest absolute Gasteiger partial charge is 0.327 e. The van der Waals surface area contributed by atoms with Crippen molar-refractivity contribution in [1.29, 1.82) is 0 Å². The standard InChI is InChI=1S/C17H19NO5S2/c1-4-23-12-7-10(5-6-11(12)19)8-13-15(20)18(17(24)25-13)14(9(2)3)16(21)22/h5-9,14,19H,4H2,1-3H3,(H,21,22)/b13-8+/t14-/m1/s1. The Hall–Kier alpha value is -2.06. The summed E-state index contributed by atoms with van der Waals surface area (Å²) in [4.78, 5) is 25.7. The van der Waals surface area contributed by atoms with E-state index in [2.05, 4.69) is 0 Å². The van der Waals surface area contributed by atoms with Gasteiger partial charge in [0.15, 0.2) is 11.5 Å². The highest BCUT2D eigenvalue weighted by Gasteiger charge is 2.41. The Morgan fingerprint density at radius 2 is 2.12 bits per heavy atom. The first kappa shape index (κ1) is 19.3. The molecule has 1 aliphatic heterocycles. The van der Waals surface area contributed by atoms with Crippen molar-refractivity contribution in [3.05, 3.63) is 28.7 Å². The Bertz CT molecular complexity index is 745. The number of amides is 1. The van der Waals surface area contributed by atoms with Gasteiger partial charge >= 0.3 is 5.97 Å². The number of carboxylic acids is 1. The molecule has 1 fully saturated rings. The van der Waals surface area contributed by atoms with E-state index in [0.29, 0.717) is 22.8 Å². The number of carbonyl (C=O) groups is 2. The summed E-state index contributed by atoms with van der Waals surface area (Å²) < 4.78 is 5.55. The zero-order valence-electron chi connectivity index (χ0n) is 14.1. The van der Waals surface area contributed by atoms with Gasteiger partial charge in [0, 0.05) is 0 Å². The second kappa shape index (κ2) is 7.88. The monoisotopic (exact) mass is 381 g/mol. The van der Waals surface area contributed by atoms with Gasteiger partial charge in [-0.1, -0.05) is 43.9 Å². The van der Waals surface area contributed by atoms with E-state index in [1.165, 1.54) is 6.07 Å². The number of nitrogens with zero attached hydrogens (tertiary/aromatic N) is 1. The zero-order chi connectivity index (χ0) is 18.7. The number of rotatable bonds is 6. The van der Waals surface area contributed by atoms with Crippen molar-refractivity contribution in [1.82, 2.24) is 4.90 Å². The van der Waals surface area contributed by atoms with Gasteiger partial charge < -0.3 is 14.9 Å². The molecule has 2 rings (SSSR count). The van der Waals surface area contributed by atoms with E-state index in [0.717, 1.165) is 16.7 Å². The van der Waals surface area contributed by atoms with Gasteiger partial charge in [0.1, 0.15) is 10.4 Å². The molecule has 0 unspecified atom stereocenters. The lowest BCUT2D eigenvalue weighted by molar-refractivity contribution is -0.146. The minimum Gasteiger partial charge on any atom is -0.504 e. The van der Waals surface area contributed by atoms with Crippen LogP contribution in [0.2, 0.25) is 0 Å². The normalized spacial score (nSPS) is 17.4. The number of carbonyl (C=O) groups excluding carboxylic acids is 1. The van der Waals surface area contributed by atoms with Gasteiger partial charge in [0.05, 0.1) is 11.5 Å². The Labute approximate surface area is 155 Å². The van der Waals surface area contributed by atoms with Crippen LogP contribution in [-0.2, 0) is 9.59 Å². The summed E-state index contributed by atoms with van der Waals surface area (Å²) in [6, 6.07) is 3.73. The van der Waals surface area contributed by atoms with Crippen molar-refractivity contribution in [2.75, 3.05) is 6.61 Å². The van der Waals surface area contributed by atoms with Crippen molar-refractivity contribution in [2.24, 2.45) is 5.92 Å². The summed E-state index contributed by atoms with van der Waals surface area (Å²) in [5.74, 6) is -1.47. The van der Waals surface area contributed by atoms with Crippen LogP contribution in [-0.4, -0.2) is 44.0 Å². The molecule has 134 valence electrons. The van der Waals surface area contributed by atoms with Crippen molar-refractivity contribution < 1.29 is 24.5 Å². The average molecular weight is 381 g/mol. The molecule has 1 aromatic carbocycles. The maximum absolute atomic E-state index is 12.7. The van der Waals surface area contributed by atoms with Gasteiger partial charge in [-0.2, -0.15) is 0 Å². The molecule has 1 heterocycles. The van der Waals surface area contributed by atoms with Gasteiger partial charge in [-0.25, -0.2) is 4.79 Å². The number of hydrogen-bond donors (Lipinski definition) is 2. The summed E-state index contributed by atoms with van der Waals surface area (Å²) in [7, 11) is 0. The van der Waals surface area contributed by atoms with E-state index in [4.69, 9.17) is 17.0 Å². The molecule has 25 heavy (non-hydrogen) atoms. The number of phenols is 1. The highest BCUT2D eigenvalue weighted by molar-refractivity contribution is 8.26. The fraction of sp³-hybridized carbons (Fsp3) is 0.353. The molecule has 0 aromatic heterocycles. The number of thiocarbonyl (C=S) groups is 1. The van der Waals surface area contributed by atoms with Crippen molar-refractivity contribution in [3.8, 4) is 11.5 Å². The first-order valence-electron chi connectivity index (χ1n) is 7.72. The third-order valence-corrected chi connectivity index (χ3v) is 4.90. The maximum atomic E-state index is 12.7. The Morgan fingerprint density at radius 1 is 1.44 bits per heavy atom. The topological polar surface area (TPSA) is 87.1 Å². The molecule has 1 amide bonds. The van der Waals surface area contributed by atoms with Crippen LogP contribution in [0.5, 0.6) is 11.5 Å². The second-order valence-electron chi connectivity index (χ2n) is 5.74. The molecule has 1 saturated heterocycles. The number of ether oxygens (including phenoxy) is 1. The summed E-state index contributed by atoms with van der Waals surface area (Å²) in [5, 5.41) is 19.2. The highest BCUT2D eigenvalue weighted by Crippen LogP contribution is 2.36. The summed E-state index contributed by atoms with van der Waals surface area (Å²) >= 11 is 6.28. The highest BCUT2D eigenvalue weighted by atomic mass is 32.2. The van der Waals surface area contributed by atoms with Crippen LogP contribution in [0.15, 0.2) is 23.1 Å². The third-order valence-electron chi connectivity index (χ3n) is 3.57. The lowest BCUT2D eigenvalue weighted by Gasteiger charge is -2.26. The van der Waals surface area contributed by atoms with Crippen molar-refractivity contribution >= 4 is 46.3 Å². The fourth-order valence-corrected chi connectivity index (χ4v) is 3.79. The van der Waals surface area contributed by atoms with Crippen LogP contribution in [0, 0.1) is 5.92 Å². The SMILES string of the molecule is CCOc1cc(/C=C2/SC(=S)N([C@@H](C(=O)O)C(C)C)C2=O)ccc1O. The molecule has 0 radical (unpaired) electrons. The predicted molar refractivity (Wildman–Crippen MR) is 101 cm³/mol. The van der Waals surface area contributed by atoms with E-state index in [1.807, 2.05) is 0 Å². The van der Waals surface area contributed by atoms with E-state index < -0.39 is 17.9 Å². The molecule has 1 aliphatic rings. The lowest BCUT2D eigenvalue weighted by atomic mass is 10.0. The minimum absolute atomic E-state index is 0.0114. The summed E-state index contributed by atoms with van der Waals surface area (Å²) in [6.45, 7) is 5.66. The second-order valence-corrected chi connectivity index (χ2v) is 7.41. The number of phenolic OH excluding ortho intramolecular Hbond substituents is 1. The predicted octanol–water partition coefficient (Wildman–Crippen LogP) is 3.10. The van der Waals surface area contributed by atoms with Crippen LogP contribution in [0.1, 0.15) is 26.3 Å². The first-order chi connectivity index (χ1) is 11.8. The summed E-state index contributed by atoms with van der Waals surface area (Å²) in [6.07, 6.45) is 1.61. The Balaban J connectivity index is 2.34. The van der Waals surface area contributed by atoms with E-state index in [-0.39, 0.29) is 16.0 Å². The van der Waals surface area contributed by atoms with Crippen molar-refractivity contribution in [3.63, 3.8) is 0 Å². The molecular formula is C17H19NO5S2. The molecular weight excluding hydrogens is 362 g/mol. The molecule has 8 heteroatoms. The Kier molecular flexibility index (Phi) is 6.07. The molecule has 0 spiro atoms. The molecule has 0 bridgehead atoms. The van der Waals surface area contributed by atoms with Crippen LogP contribution in [0.3, 0.4) is 0 Å². The average Bonchev–Trinajstić information content (AvgIpc) is 2.78. The van der Waals surface area contributed by atoms with Gasteiger partial charge in [0.2, 0.25) is 0 Å². The molecule has 0 aliphatic carbocycles. The van der Waals surface area contributed by atoms with Crippen LogP contribution in [0.4, 0.5) is 0 Å². The number of hydrogen-bond acceptors (Lipinski definition) is 6. The van der Waals surface area contributed by atoms with E-state index >= 15 is 0 Å². The molecule has 0 saturated carbocycles. The number of carboxylic acid groups (broad SMARTS) is 1. The number of thioether (sulfide) groups is 1. The van der Waals surface area contributed by atoms with Gasteiger partial charge in [0.25, 0.3) is 5.91 Å². The summed E-state index contributed by atoms with van der Waals surface area (Å²) in [5.41, 5.74) is 0.651. The largest absolute Gasteiger partial charge is 0.504 e. The molecule has 1 atom stereocenters. The van der Waals surface area contributed by atoms with Gasteiger partial charge in [-0.3, -0.25) is 9.69 Å². The number of aromatic hydroxyl groups is 1. The van der Waals surface area contributed by atoms with Crippen LogP contribution in [0.25, 0.3) is 6.08 Å². The maximum Gasteiger partial charge on any atom is 0.327 e. The quantitative estimate of drug-likeness (QED) is 0.578. The fourth-order valence-electron chi connectivity index (χ4n) is 2.46. The first-order valence-corrected chi connectivity index (χ1v) is 8.94. The molecule has 1 aromatic rings. The number of benzene rings is 1. The van der Waals surface area contributed by atoms with Gasteiger partial charge in [-0.05, 0) is 36.6 Å². The van der Waals surface area contributed by atoms with Crippen molar-refractivity contribution in [2.45, 2.75) is 26.8 Å². The molecule has 6 nitrogen and oxygen atoms in total. The minimum atomic E-state index is -1.09. The van der Waals surface area contributed by atoms with Crippen LogP contribution >= 0.6 is 24.0 Å². The van der Waals surface area contributed by atoms with E-state index in [1.54, 1.807) is 39.0 Å². The van der Waals surface area contributed by atoms with Crippen LogP contribution < -0.4 is 4.74 Å². The molecule has 2 N–H and O–H groups in total. The lowest BCUT2D eigenvalue weighted by Crippen LogP contribution is -2.47. The number of aliphatic carboxylic acids is 1. The zero-order valence-corrected chi connectivity index (χ0v) is 15.7. The van der Waals surface area contributed by atoms with E-state index in [9.17, 15) is 19.8 Å². The third kappa shape index (κ3) is 4.13. The van der Waals surface area contributed by atoms with Gasteiger partial charge in [-0.15, -0.1) is 0 Å².